The quantitative estimate of drug-likeness (QED) is 0.141. The summed E-state index contributed by atoms with van der Waals surface area (Å²) in [6, 6.07) is 17.2. The van der Waals surface area contributed by atoms with E-state index in [1.165, 1.54) is 32.1 Å². The van der Waals surface area contributed by atoms with Crippen LogP contribution in [0, 0.1) is 0 Å². The van der Waals surface area contributed by atoms with Gasteiger partial charge in [-0.2, -0.15) is 0 Å². The normalized spacial score (nSPS) is 12.2. The maximum absolute atomic E-state index is 13.0. The summed E-state index contributed by atoms with van der Waals surface area (Å²) in [7, 11) is -4.02. The molecule has 0 saturated carbocycles. The van der Waals surface area contributed by atoms with Gasteiger partial charge in [0.1, 0.15) is 0 Å². The molecule has 0 heterocycles. The molecule has 0 unspecified atom stereocenters. The van der Waals surface area contributed by atoms with Crippen molar-refractivity contribution in [2.24, 2.45) is 0 Å². The van der Waals surface area contributed by atoms with Gasteiger partial charge in [-0.15, -0.1) is 0 Å². The smallest absolute Gasteiger partial charge is 0.326 e. The zero-order valence-electron chi connectivity index (χ0n) is 19.1. The summed E-state index contributed by atoms with van der Waals surface area (Å²) in [5.74, 6) is -0.553. The number of unbranched alkanes of at least 4 members (excludes halogenated alkanes) is 7. The summed E-state index contributed by atoms with van der Waals surface area (Å²) in [5, 5.41) is 5.65. The van der Waals surface area contributed by atoms with Gasteiger partial charge in [-0.25, -0.2) is 8.42 Å². The lowest BCUT2D eigenvalue weighted by atomic mass is 9.94. The highest BCUT2D eigenvalue weighted by Gasteiger charge is 2.21. The SMILES string of the molecule is CCCCCCCCCCC(=O)ONS(=O)(=O)c1ccc2ccc3cccc4ccc1c2c34. The number of hydrogen-bond acceptors (Lipinski definition) is 4. The summed E-state index contributed by atoms with van der Waals surface area (Å²) in [6.07, 6.45) is 9.13. The second kappa shape index (κ2) is 10.5. The third-order valence-corrected chi connectivity index (χ3v) is 7.52. The minimum absolute atomic E-state index is 0.105. The zero-order chi connectivity index (χ0) is 23.3. The van der Waals surface area contributed by atoms with E-state index in [1.807, 2.05) is 47.3 Å². The summed E-state index contributed by atoms with van der Waals surface area (Å²) < 4.78 is 26.0. The standard InChI is InChI=1S/C27H31NO4S/c1-2-3-4-5-6-7-8-9-13-25(29)32-28-33(30,31)24-19-17-22-15-14-20-11-10-12-21-16-18-23(24)27(22)26(20)21/h10-12,14-19,28H,2-9,13H2,1H3. The summed E-state index contributed by atoms with van der Waals surface area (Å²) in [6.45, 7) is 2.20. The van der Waals surface area contributed by atoms with E-state index in [1.54, 1.807) is 12.1 Å². The van der Waals surface area contributed by atoms with Crippen molar-refractivity contribution in [3.63, 3.8) is 0 Å². The highest BCUT2D eigenvalue weighted by molar-refractivity contribution is 7.89. The van der Waals surface area contributed by atoms with Crippen molar-refractivity contribution in [1.82, 2.24) is 4.89 Å². The highest BCUT2D eigenvalue weighted by atomic mass is 32.2. The molecule has 0 bridgehead atoms. The molecule has 6 heteroatoms. The first-order valence-corrected chi connectivity index (χ1v) is 13.4. The van der Waals surface area contributed by atoms with Gasteiger partial charge in [0.2, 0.25) is 0 Å². The maximum atomic E-state index is 13.0. The minimum Gasteiger partial charge on any atom is -0.356 e. The first-order chi connectivity index (χ1) is 16.0. The lowest BCUT2D eigenvalue weighted by Gasteiger charge is -2.14. The van der Waals surface area contributed by atoms with Crippen molar-refractivity contribution in [1.29, 1.82) is 0 Å². The molecule has 0 aliphatic rings. The Morgan fingerprint density at radius 3 is 2.03 bits per heavy atom. The molecule has 33 heavy (non-hydrogen) atoms. The van der Waals surface area contributed by atoms with E-state index in [9.17, 15) is 13.2 Å². The van der Waals surface area contributed by atoms with Crippen LogP contribution in [0.4, 0.5) is 0 Å². The van der Waals surface area contributed by atoms with Gasteiger partial charge >= 0.3 is 5.97 Å². The second-order valence-electron chi connectivity index (χ2n) is 8.71. The zero-order valence-corrected chi connectivity index (χ0v) is 19.9. The molecule has 0 aliphatic heterocycles. The summed E-state index contributed by atoms with van der Waals surface area (Å²) >= 11 is 0. The molecule has 0 aliphatic carbocycles. The molecule has 4 aromatic rings. The van der Waals surface area contributed by atoms with Crippen molar-refractivity contribution in [3.05, 3.63) is 54.6 Å². The average molecular weight is 466 g/mol. The number of rotatable bonds is 12. The molecular formula is C27H31NO4S. The molecule has 0 atom stereocenters. The Morgan fingerprint density at radius 1 is 0.758 bits per heavy atom. The number of benzene rings is 4. The predicted molar refractivity (Wildman–Crippen MR) is 134 cm³/mol. The Balaban J connectivity index is 1.40. The lowest BCUT2D eigenvalue weighted by Crippen LogP contribution is -2.27. The van der Waals surface area contributed by atoms with E-state index in [2.05, 4.69) is 6.92 Å². The van der Waals surface area contributed by atoms with Gasteiger partial charge in [0.25, 0.3) is 10.0 Å². The molecule has 5 nitrogen and oxygen atoms in total. The fourth-order valence-electron chi connectivity index (χ4n) is 4.54. The van der Waals surface area contributed by atoms with Crippen LogP contribution in [-0.2, 0) is 19.7 Å². The molecule has 0 saturated heterocycles. The Bertz CT molecular complexity index is 1330. The van der Waals surface area contributed by atoms with Crippen LogP contribution in [0.15, 0.2) is 59.5 Å². The van der Waals surface area contributed by atoms with Gasteiger partial charge in [0.05, 0.1) is 4.90 Å². The van der Waals surface area contributed by atoms with Crippen molar-refractivity contribution in [2.75, 3.05) is 0 Å². The highest BCUT2D eigenvalue weighted by Crippen LogP contribution is 2.37. The molecule has 4 aromatic carbocycles. The van der Waals surface area contributed by atoms with Crippen molar-refractivity contribution < 1.29 is 18.0 Å². The van der Waals surface area contributed by atoms with Crippen molar-refractivity contribution in [2.45, 2.75) is 69.6 Å². The molecule has 0 radical (unpaired) electrons. The Hall–Kier alpha value is -2.70. The second-order valence-corrected chi connectivity index (χ2v) is 10.3. The van der Waals surface area contributed by atoms with Crippen LogP contribution in [0.25, 0.3) is 32.3 Å². The summed E-state index contributed by atoms with van der Waals surface area (Å²) in [5.41, 5.74) is 0. The maximum Gasteiger partial charge on any atom is 0.326 e. The molecule has 4 rings (SSSR count). The third-order valence-electron chi connectivity index (χ3n) is 6.28. The van der Waals surface area contributed by atoms with Crippen LogP contribution >= 0.6 is 0 Å². The van der Waals surface area contributed by atoms with Crippen molar-refractivity contribution in [3.8, 4) is 0 Å². The fraction of sp³-hybridized carbons (Fsp3) is 0.370. The van der Waals surface area contributed by atoms with Gasteiger partial charge in [0, 0.05) is 11.8 Å². The molecule has 0 spiro atoms. The predicted octanol–water partition coefficient (Wildman–Crippen LogP) is 6.85. The number of sulfonamides is 1. The molecular weight excluding hydrogens is 434 g/mol. The summed E-state index contributed by atoms with van der Waals surface area (Å²) in [4.78, 5) is 19.2. The fourth-order valence-corrected chi connectivity index (χ4v) is 5.54. The molecule has 0 aromatic heterocycles. The van der Waals surface area contributed by atoms with Crippen LogP contribution in [0.5, 0.6) is 0 Å². The molecule has 0 fully saturated rings. The topological polar surface area (TPSA) is 72.5 Å². The van der Waals surface area contributed by atoms with E-state index in [-0.39, 0.29) is 11.3 Å². The largest absolute Gasteiger partial charge is 0.356 e. The van der Waals surface area contributed by atoms with E-state index < -0.39 is 16.0 Å². The monoisotopic (exact) mass is 465 g/mol. The van der Waals surface area contributed by atoms with Crippen LogP contribution in [0.3, 0.4) is 0 Å². The number of carbonyl (C=O) groups excluding carboxylic acids is 1. The first-order valence-electron chi connectivity index (χ1n) is 11.9. The van der Waals surface area contributed by atoms with E-state index in [0.29, 0.717) is 11.8 Å². The molecule has 0 amide bonds. The van der Waals surface area contributed by atoms with Gasteiger partial charge in [-0.05, 0) is 44.3 Å². The lowest BCUT2D eigenvalue weighted by molar-refractivity contribution is -0.147. The number of nitrogens with one attached hydrogen (secondary N) is 1. The Kier molecular flexibility index (Phi) is 7.46. The number of hydrogen-bond donors (Lipinski definition) is 1. The van der Waals surface area contributed by atoms with Crippen LogP contribution in [0.1, 0.15) is 64.7 Å². The van der Waals surface area contributed by atoms with E-state index in [4.69, 9.17) is 4.84 Å². The minimum atomic E-state index is -4.02. The molecule has 174 valence electrons. The van der Waals surface area contributed by atoms with Gasteiger partial charge in [-0.1, -0.05) is 100 Å². The average Bonchev–Trinajstić information content (AvgIpc) is 2.83. The van der Waals surface area contributed by atoms with Crippen molar-refractivity contribution >= 4 is 48.3 Å². The van der Waals surface area contributed by atoms with Gasteiger partial charge in [-0.3, -0.25) is 4.79 Å². The van der Waals surface area contributed by atoms with Crippen LogP contribution in [0.2, 0.25) is 0 Å². The first kappa shape index (κ1) is 23.5. The Morgan fingerprint density at radius 2 is 1.33 bits per heavy atom. The van der Waals surface area contributed by atoms with E-state index >= 15 is 0 Å². The number of carbonyl (C=O) groups is 1. The third kappa shape index (κ3) is 5.28. The Labute approximate surface area is 195 Å². The van der Waals surface area contributed by atoms with Crippen LogP contribution in [-0.4, -0.2) is 14.4 Å². The van der Waals surface area contributed by atoms with Gasteiger partial charge < -0.3 is 4.84 Å². The van der Waals surface area contributed by atoms with Gasteiger partial charge in [0.15, 0.2) is 0 Å². The van der Waals surface area contributed by atoms with E-state index in [0.717, 1.165) is 39.8 Å². The van der Waals surface area contributed by atoms with Crippen LogP contribution < -0.4 is 4.89 Å². The molecule has 1 N–H and O–H groups in total.